The van der Waals surface area contributed by atoms with Gasteiger partial charge in [0.05, 0.1) is 16.6 Å². The predicted molar refractivity (Wildman–Crippen MR) is 150 cm³/mol. The number of hydrogen-bond donors (Lipinski definition) is 1. The van der Waals surface area contributed by atoms with Gasteiger partial charge in [-0.05, 0) is 67.7 Å². The van der Waals surface area contributed by atoms with Crippen LogP contribution < -0.4 is 10.1 Å². The molecule has 42 heavy (non-hydrogen) atoms. The van der Waals surface area contributed by atoms with Crippen molar-refractivity contribution >= 4 is 28.5 Å². The van der Waals surface area contributed by atoms with Gasteiger partial charge in [-0.25, -0.2) is 4.98 Å². The van der Waals surface area contributed by atoms with Crippen LogP contribution in [0.1, 0.15) is 23.1 Å². The summed E-state index contributed by atoms with van der Waals surface area (Å²) in [6.07, 6.45) is -1.24. The van der Waals surface area contributed by atoms with E-state index in [2.05, 4.69) is 25.6 Å². The fourth-order valence-corrected chi connectivity index (χ4v) is 5.51. The Morgan fingerprint density at radius 3 is 2.60 bits per heavy atom. The van der Waals surface area contributed by atoms with Crippen LogP contribution in [0.3, 0.4) is 0 Å². The van der Waals surface area contributed by atoms with E-state index < -0.39 is 11.7 Å². The summed E-state index contributed by atoms with van der Waals surface area (Å²) in [6, 6.07) is 11.6. The molecule has 2 aliphatic rings. The molecule has 1 saturated heterocycles. The molecule has 6 rings (SSSR count). The summed E-state index contributed by atoms with van der Waals surface area (Å²) >= 11 is 0. The van der Waals surface area contributed by atoms with Gasteiger partial charge in [-0.15, -0.1) is 0 Å². The first-order valence-electron chi connectivity index (χ1n) is 13.6. The van der Waals surface area contributed by atoms with Crippen LogP contribution in [0.5, 0.6) is 11.5 Å². The molecule has 1 N–H and O–H groups in total. The van der Waals surface area contributed by atoms with Crippen molar-refractivity contribution in [2.75, 3.05) is 45.7 Å². The number of likely N-dealkylation sites (N-methyl/N-ethyl adjacent to an activating group) is 1. The fourth-order valence-electron chi connectivity index (χ4n) is 5.51. The van der Waals surface area contributed by atoms with Crippen LogP contribution in [0.2, 0.25) is 0 Å². The molecule has 0 radical (unpaired) electrons. The maximum absolute atomic E-state index is 14.1. The van der Waals surface area contributed by atoms with Gasteiger partial charge in [0.2, 0.25) is 5.95 Å². The molecule has 1 fully saturated rings. The molecule has 0 unspecified atom stereocenters. The molecule has 2 aromatic heterocycles. The summed E-state index contributed by atoms with van der Waals surface area (Å²) in [5, 5.41) is 3.17. The second kappa shape index (κ2) is 12.6. The van der Waals surface area contributed by atoms with Gasteiger partial charge in [0.25, 0.3) is 0 Å². The van der Waals surface area contributed by atoms with Gasteiger partial charge >= 0.3 is 6.18 Å². The zero-order valence-electron chi connectivity index (χ0n) is 23.3. The van der Waals surface area contributed by atoms with Crippen molar-refractivity contribution in [2.24, 2.45) is 0 Å². The summed E-state index contributed by atoms with van der Waals surface area (Å²) in [7, 11) is 3.48. The Kier molecular flexibility index (Phi) is 9.08. The molecule has 0 atom stereocenters. The molecule has 2 aliphatic heterocycles. The minimum absolute atomic E-state index is 0. The number of aromatic nitrogens is 3. The molecule has 4 aromatic rings. The fraction of sp³-hybridized carbons (Fsp3) is 0.379. The number of benzene rings is 2. The Labute approximate surface area is 256 Å². The number of alkyl halides is 3. The Hall–Kier alpha value is -3.18. The van der Waals surface area contributed by atoms with Crippen molar-refractivity contribution in [3.8, 4) is 11.5 Å². The van der Waals surface area contributed by atoms with Crippen LogP contribution in [-0.4, -0.2) is 64.7 Å². The number of ether oxygens (including phenoxy) is 1. The van der Waals surface area contributed by atoms with Gasteiger partial charge in [0.1, 0.15) is 11.5 Å². The topological polar surface area (TPSA) is 81.8 Å². The van der Waals surface area contributed by atoms with Crippen molar-refractivity contribution in [2.45, 2.75) is 32.1 Å². The maximum Gasteiger partial charge on any atom is 0.416 e. The number of piperazine rings is 1. The SMILES string of the molecule is CO[N-]c1cc(Oc2ccc3nc(Nc4ccc(CN5CCN(C)CC5)c(C(F)(F)F)c4)n4c3c2CCC4)ccn1.[W]. The first-order valence-corrected chi connectivity index (χ1v) is 13.6. The average molecular weight is 750 g/mol. The van der Waals surface area contributed by atoms with Crippen LogP contribution >= 0.6 is 0 Å². The molecule has 13 heteroatoms. The molecule has 0 bridgehead atoms. The van der Waals surface area contributed by atoms with Crippen LogP contribution in [0.25, 0.3) is 16.5 Å². The quantitative estimate of drug-likeness (QED) is 0.214. The smallest absolute Gasteiger partial charge is 0.416 e. The van der Waals surface area contributed by atoms with Crippen LogP contribution in [0.15, 0.2) is 48.7 Å². The second-order valence-electron chi connectivity index (χ2n) is 10.4. The van der Waals surface area contributed by atoms with E-state index in [1.165, 1.54) is 13.2 Å². The average Bonchev–Trinajstić information content (AvgIpc) is 3.30. The van der Waals surface area contributed by atoms with Crippen LogP contribution in [0.4, 0.5) is 30.6 Å². The molecular formula is C29H31F3N7O2W-. The van der Waals surface area contributed by atoms with E-state index in [4.69, 9.17) is 14.6 Å². The Bertz CT molecular complexity index is 1550. The number of halogens is 3. The van der Waals surface area contributed by atoms with E-state index in [0.29, 0.717) is 35.5 Å². The van der Waals surface area contributed by atoms with Gasteiger partial charge in [-0.2, -0.15) is 13.2 Å². The molecule has 2 aromatic carbocycles. The Morgan fingerprint density at radius 1 is 1.02 bits per heavy atom. The summed E-state index contributed by atoms with van der Waals surface area (Å²) in [4.78, 5) is 17.9. The van der Waals surface area contributed by atoms with Gasteiger partial charge in [0, 0.05) is 78.7 Å². The number of hydrogen-bond acceptors (Lipinski definition) is 7. The van der Waals surface area contributed by atoms with Crippen LogP contribution in [0, 0.1) is 0 Å². The number of nitrogens with zero attached hydrogens (tertiary/aromatic N) is 6. The number of anilines is 2. The van der Waals surface area contributed by atoms with E-state index >= 15 is 0 Å². The minimum Gasteiger partial charge on any atom is -0.457 e. The monoisotopic (exact) mass is 750 g/mol. The Balaban J connectivity index is 0.00000353. The molecule has 9 nitrogen and oxygen atoms in total. The molecule has 4 heterocycles. The third-order valence-electron chi connectivity index (χ3n) is 7.57. The molecule has 0 aliphatic carbocycles. The summed E-state index contributed by atoms with van der Waals surface area (Å²) in [5.41, 5.74) is 6.51. The zero-order chi connectivity index (χ0) is 28.6. The molecule has 0 amide bonds. The standard InChI is InChI=1S/C29H31F3N7O2.W/c1-37-12-14-38(15-13-37)18-19-5-6-20(16-23(19)29(30,31)32)34-28-35-24-7-8-25(22-4-3-11-39(28)27(22)24)41-21-9-10-33-26(17-21)36-40-2;/h5-10,16-17H,3-4,11-15,18H2,1-2H3,(H-,33,34,35,36);/q-1;. The first-order chi connectivity index (χ1) is 19.8. The van der Waals surface area contributed by atoms with E-state index in [0.717, 1.165) is 55.6 Å². The molecule has 0 spiro atoms. The number of nitrogens with one attached hydrogen (secondary N) is 1. The minimum atomic E-state index is -4.46. The molecular weight excluding hydrogens is 719 g/mol. The number of pyridine rings is 1. The zero-order valence-corrected chi connectivity index (χ0v) is 26.3. The molecule has 222 valence electrons. The van der Waals surface area contributed by atoms with Crippen molar-refractivity contribution in [1.29, 1.82) is 0 Å². The number of rotatable bonds is 8. The second-order valence-corrected chi connectivity index (χ2v) is 10.4. The van der Waals surface area contributed by atoms with Gasteiger partial charge in [-0.3, -0.25) is 4.90 Å². The van der Waals surface area contributed by atoms with E-state index in [1.54, 1.807) is 30.5 Å². The third-order valence-corrected chi connectivity index (χ3v) is 7.57. The van der Waals surface area contributed by atoms with E-state index in [-0.39, 0.29) is 33.2 Å². The van der Waals surface area contributed by atoms with Crippen molar-refractivity contribution in [3.05, 3.63) is 70.8 Å². The predicted octanol–water partition coefficient (Wildman–Crippen LogP) is 6.24. The Morgan fingerprint density at radius 2 is 1.83 bits per heavy atom. The largest absolute Gasteiger partial charge is 0.457 e. The van der Waals surface area contributed by atoms with E-state index in [1.807, 2.05) is 23.7 Å². The normalized spacial score (nSPS) is 15.8. The van der Waals surface area contributed by atoms with Crippen molar-refractivity contribution in [1.82, 2.24) is 24.3 Å². The summed E-state index contributed by atoms with van der Waals surface area (Å²) < 4.78 is 50.6. The van der Waals surface area contributed by atoms with Crippen molar-refractivity contribution < 1.29 is 43.8 Å². The molecule has 0 saturated carbocycles. The number of aryl methyl sites for hydroxylation is 2. The van der Waals surface area contributed by atoms with Crippen molar-refractivity contribution in [3.63, 3.8) is 0 Å². The van der Waals surface area contributed by atoms with E-state index in [9.17, 15) is 13.2 Å². The first kappa shape index (κ1) is 30.3. The number of imidazole rings is 1. The van der Waals surface area contributed by atoms with Gasteiger partial charge < -0.3 is 34.8 Å². The van der Waals surface area contributed by atoms with Gasteiger partial charge in [-0.1, -0.05) is 12.3 Å². The maximum atomic E-state index is 14.1. The van der Waals surface area contributed by atoms with Gasteiger partial charge in [0.15, 0.2) is 0 Å². The summed E-state index contributed by atoms with van der Waals surface area (Å²) in [6.45, 7) is 4.15. The third kappa shape index (κ3) is 6.41. The summed E-state index contributed by atoms with van der Waals surface area (Å²) in [5.74, 6) is 2.15. The van der Waals surface area contributed by atoms with Crippen LogP contribution in [-0.2, 0) is 51.6 Å².